The van der Waals surface area contributed by atoms with E-state index in [4.69, 9.17) is 21.4 Å². The Labute approximate surface area is 95.8 Å². The molecule has 1 N–H and O–H groups in total. The molecule has 0 saturated carbocycles. The van der Waals surface area contributed by atoms with Crippen molar-refractivity contribution >= 4 is 11.6 Å². The van der Waals surface area contributed by atoms with Crippen LogP contribution in [0.3, 0.4) is 0 Å². The highest BCUT2D eigenvalue weighted by Gasteiger charge is 2.10. The van der Waals surface area contributed by atoms with Gasteiger partial charge in [-0.1, -0.05) is 25.4 Å². The van der Waals surface area contributed by atoms with Crippen LogP contribution in [0, 0.1) is 6.92 Å². The maximum Gasteiger partial charge on any atom is 0.123 e. The maximum atomic E-state index is 8.73. The highest BCUT2D eigenvalue weighted by Crippen LogP contribution is 2.31. The average Bonchev–Trinajstić information content (AvgIpc) is 2.19. The highest BCUT2D eigenvalue weighted by molar-refractivity contribution is 6.31. The Kier molecular flexibility index (Phi) is 4.43. The molecule has 1 rings (SSSR count). The van der Waals surface area contributed by atoms with Gasteiger partial charge in [-0.15, -0.1) is 0 Å². The predicted octanol–water partition coefficient (Wildman–Crippen LogP) is 3.14. The molecule has 0 aromatic heterocycles. The van der Waals surface area contributed by atoms with Gasteiger partial charge in [0.25, 0.3) is 0 Å². The van der Waals surface area contributed by atoms with E-state index in [9.17, 15) is 0 Å². The minimum Gasteiger partial charge on any atom is -0.491 e. The van der Waals surface area contributed by atoms with Gasteiger partial charge in [-0.2, -0.15) is 0 Å². The van der Waals surface area contributed by atoms with Gasteiger partial charge in [-0.25, -0.2) is 0 Å². The summed E-state index contributed by atoms with van der Waals surface area (Å²) in [5.41, 5.74) is 2.08. The first-order chi connectivity index (χ1) is 7.06. The zero-order chi connectivity index (χ0) is 11.4. The third-order valence-electron chi connectivity index (χ3n) is 2.26. The summed E-state index contributed by atoms with van der Waals surface area (Å²) in [6, 6.07) is 3.86. The first-order valence-corrected chi connectivity index (χ1v) is 5.47. The van der Waals surface area contributed by atoms with Crippen molar-refractivity contribution in [3.63, 3.8) is 0 Å². The van der Waals surface area contributed by atoms with Crippen LogP contribution in [0.15, 0.2) is 12.1 Å². The largest absolute Gasteiger partial charge is 0.491 e. The van der Waals surface area contributed by atoms with E-state index in [1.165, 1.54) is 0 Å². The number of hydrogen-bond donors (Lipinski definition) is 1. The van der Waals surface area contributed by atoms with Crippen molar-refractivity contribution in [3.8, 4) is 5.75 Å². The molecule has 0 spiro atoms. The van der Waals surface area contributed by atoms with E-state index in [-0.39, 0.29) is 6.61 Å². The van der Waals surface area contributed by atoms with Crippen molar-refractivity contribution in [2.45, 2.75) is 26.7 Å². The third kappa shape index (κ3) is 3.11. The second-order valence-corrected chi connectivity index (χ2v) is 4.27. The Bertz CT molecular complexity index is 335. The van der Waals surface area contributed by atoms with E-state index in [0.29, 0.717) is 12.5 Å². The van der Waals surface area contributed by atoms with Crippen molar-refractivity contribution in [2.75, 3.05) is 13.2 Å². The van der Waals surface area contributed by atoms with E-state index < -0.39 is 0 Å². The first-order valence-electron chi connectivity index (χ1n) is 5.10. The number of aliphatic hydroxyl groups is 1. The molecular weight excluding hydrogens is 212 g/mol. The van der Waals surface area contributed by atoms with Crippen LogP contribution in [-0.4, -0.2) is 18.3 Å². The second-order valence-electron chi connectivity index (χ2n) is 3.87. The minimum atomic E-state index is 0.0270. The lowest BCUT2D eigenvalue weighted by atomic mass is 10.0. The first kappa shape index (κ1) is 12.3. The lowest BCUT2D eigenvalue weighted by Gasteiger charge is -2.15. The normalized spacial score (nSPS) is 10.8. The van der Waals surface area contributed by atoms with Gasteiger partial charge in [-0.3, -0.25) is 0 Å². The smallest absolute Gasteiger partial charge is 0.123 e. The molecule has 0 aliphatic heterocycles. The van der Waals surface area contributed by atoms with Crippen molar-refractivity contribution in [1.82, 2.24) is 0 Å². The second kappa shape index (κ2) is 5.38. The molecule has 0 bridgehead atoms. The predicted molar refractivity (Wildman–Crippen MR) is 62.9 cm³/mol. The summed E-state index contributed by atoms with van der Waals surface area (Å²) in [4.78, 5) is 0. The molecule has 1 aromatic carbocycles. The molecule has 0 radical (unpaired) electrons. The molecule has 0 atom stereocenters. The number of aryl methyl sites for hydroxylation is 1. The molecule has 0 aliphatic rings. The topological polar surface area (TPSA) is 29.5 Å². The van der Waals surface area contributed by atoms with E-state index in [2.05, 4.69) is 13.8 Å². The molecule has 3 heteroatoms. The number of hydrogen-bond acceptors (Lipinski definition) is 2. The quantitative estimate of drug-likeness (QED) is 0.858. The molecule has 1 aromatic rings. The zero-order valence-electron chi connectivity index (χ0n) is 9.38. The maximum absolute atomic E-state index is 8.73. The number of benzene rings is 1. The van der Waals surface area contributed by atoms with Crippen LogP contribution in [0.4, 0.5) is 0 Å². The highest BCUT2D eigenvalue weighted by atomic mass is 35.5. The SMILES string of the molecule is Cc1cc(OCCO)c(C(C)C)cc1Cl. The minimum absolute atomic E-state index is 0.0270. The lowest BCUT2D eigenvalue weighted by Crippen LogP contribution is -2.05. The van der Waals surface area contributed by atoms with Crippen molar-refractivity contribution in [1.29, 1.82) is 0 Å². The summed E-state index contributed by atoms with van der Waals surface area (Å²) in [7, 11) is 0. The summed E-state index contributed by atoms with van der Waals surface area (Å²) >= 11 is 6.06. The number of halogens is 1. The van der Waals surface area contributed by atoms with Crippen molar-refractivity contribution in [3.05, 3.63) is 28.3 Å². The van der Waals surface area contributed by atoms with Gasteiger partial charge in [-0.05, 0) is 36.1 Å². The van der Waals surface area contributed by atoms with Crippen LogP contribution in [-0.2, 0) is 0 Å². The molecule has 0 aliphatic carbocycles. The lowest BCUT2D eigenvalue weighted by molar-refractivity contribution is 0.200. The number of aliphatic hydroxyl groups excluding tert-OH is 1. The van der Waals surface area contributed by atoms with E-state index in [1.807, 2.05) is 19.1 Å². The molecule has 0 unspecified atom stereocenters. The van der Waals surface area contributed by atoms with E-state index in [0.717, 1.165) is 21.9 Å². The molecule has 0 amide bonds. The third-order valence-corrected chi connectivity index (χ3v) is 2.67. The summed E-state index contributed by atoms with van der Waals surface area (Å²) in [6.45, 7) is 6.47. The Balaban J connectivity index is 3.04. The van der Waals surface area contributed by atoms with Gasteiger partial charge < -0.3 is 9.84 Å². The summed E-state index contributed by atoms with van der Waals surface area (Å²) in [5.74, 6) is 1.18. The van der Waals surface area contributed by atoms with E-state index in [1.54, 1.807) is 0 Å². The number of rotatable bonds is 4. The Hall–Kier alpha value is -0.730. The van der Waals surface area contributed by atoms with Gasteiger partial charge in [0.2, 0.25) is 0 Å². The fourth-order valence-electron chi connectivity index (χ4n) is 1.40. The Morgan fingerprint density at radius 2 is 2.07 bits per heavy atom. The summed E-state index contributed by atoms with van der Waals surface area (Å²) in [5, 5.41) is 9.49. The molecule has 0 fully saturated rings. The molecule has 0 saturated heterocycles. The van der Waals surface area contributed by atoms with Gasteiger partial charge in [0.1, 0.15) is 12.4 Å². The van der Waals surface area contributed by atoms with Gasteiger partial charge in [0.05, 0.1) is 6.61 Å². The molecule has 0 heterocycles. The zero-order valence-corrected chi connectivity index (χ0v) is 10.1. The molecule has 84 valence electrons. The van der Waals surface area contributed by atoms with Crippen LogP contribution in [0.5, 0.6) is 5.75 Å². The summed E-state index contributed by atoms with van der Waals surface area (Å²) < 4.78 is 5.47. The summed E-state index contributed by atoms with van der Waals surface area (Å²) in [6.07, 6.45) is 0. The van der Waals surface area contributed by atoms with Crippen LogP contribution in [0.25, 0.3) is 0 Å². The van der Waals surface area contributed by atoms with Gasteiger partial charge in [0.15, 0.2) is 0 Å². The fourth-order valence-corrected chi connectivity index (χ4v) is 1.57. The van der Waals surface area contributed by atoms with Crippen LogP contribution in [0.2, 0.25) is 5.02 Å². The molecule has 15 heavy (non-hydrogen) atoms. The van der Waals surface area contributed by atoms with Gasteiger partial charge >= 0.3 is 0 Å². The molecular formula is C12H17ClO2. The number of ether oxygens (including phenoxy) is 1. The van der Waals surface area contributed by atoms with E-state index >= 15 is 0 Å². The van der Waals surface area contributed by atoms with Crippen LogP contribution < -0.4 is 4.74 Å². The van der Waals surface area contributed by atoms with Crippen molar-refractivity contribution < 1.29 is 9.84 Å². The molecule has 2 nitrogen and oxygen atoms in total. The average molecular weight is 229 g/mol. The standard InChI is InChI=1S/C12H17ClO2/c1-8(2)10-7-11(13)9(3)6-12(10)15-5-4-14/h6-8,14H,4-5H2,1-3H3. The van der Waals surface area contributed by atoms with Crippen molar-refractivity contribution in [2.24, 2.45) is 0 Å². The fraction of sp³-hybridized carbons (Fsp3) is 0.500. The van der Waals surface area contributed by atoms with Crippen LogP contribution in [0.1, 0.15) is 30.9 Å². The Morgan fingerprint density at radius 1 is 1.40 bits per heavy atom. The monoisotopic (exact) mass is 228 g/mol. The van der Waals surface area contributed by atoms with Crippen LogP contribution >= 0.6 is 11.6 Å². The Morgan fingerprint density at radius 3 is 2.60 bits per heavy atom. The van der Waals surface area contributed by atoms with Gasteiger partial charge in [0, 0.05) is 5.02 Å².